The number of nitrogen functional groups attached to an aromatic ring is 1. The zero-order valence-corrected chi connectivity index (χ0v) is 10.3. The lowest BCUT2D eigenvalue weighted by atomic mass is 10.6. The first-order valence-corrected chi connectivity index (χ1v) is 5.92. The number of carboxylic acid groups (broad SMARTS) is 1. The Balaban J connectivity index is 2.19. The van der Waals surface area contributed by atoms with Gasteiger partial charge < -0.3 is 15.4 Å². The van der Waals surface area contributed by atoms with Crippen molar-refractivity contribution in [3.05, 3.63) is 12.2 Å². The molecule has 3 N–H and O–H groups in total. The molecule has 0 bridgehead atoms. The van der Waals surface area contributed by atoms with Crippen LogP contribution in [0.3, 0.4) is 0 Å². The molecule has 2 rings (SSSR count). The number of aromatic nitrogens is 6. The highest BCUT2D eigenvalue weighted by atomic mass is 32.2. The summed E-state index contributed by atoms with van der Waals surface area (Å²) in [5, 5.41) is 24.3. The molecule has 2 aromatic heterocycles. The van der Waals surface area contributed by atoms with Crippen molar-refractivity contribution in [1.82, 2.24) is 29.5 Å². The van der Waals surface area contributed by atoms with Crippen molar-refractivity contribution in [3.8, 4) is 0 Å². The molecule has 0 fully saturated rings. The van der Waals surface area contributed by atoms with Gasteiger partial charge in [0.15, 0.2) is 11.0 Å². The first-order chi connectivity index (χ1) is 8.58. The molecule has 96 valence electrons. The summed E-state index contributed by atoms with van der Waals surface area (Å²) in [4.78, 5) is 10.5. The van der Waals surface area contributed by atoms with Gasteiger partial charge in [0.2, 0.25) is 5.95 Å². The third-order valence-corrected chi connectivity index (χ3v) is 3.13. The zero-order valence-electron chi connectivity index (χ0n) is 9.52. The third-order valence-electron chi connectivity index (χ3n) is 2.17. The van der Waals surface area contributed by atoms with Gasteiger partial charge in [-0.2, -0.15) is 0 Å². The number of aliphatic carboxylic acids is 1. The minimum Gasteiger partial charge on any atom is -0.481 e. The largest absolute Gasteiger partial charge is 0.481 e. The fourth-order valence-electron chi connectivity index (χ4n) is 1.27. The quantitative estimate of drug-likeness (QED) is 0.677. The lowest BCUT2D eigenvalue weighted by molar-refractivity contribution is -0.133. The van der Waals surface area contributed by atoms with Crippen LogP contribution in [0.15, 0.2) is 11.5 Å². The smallest absolute Gasteiger partial charge is 0.313 e. The number of hydrogen-bond acceptors (Lipinski definition) is 7. The average molecular weight is 269 g/mol. The molecule has 10 heteroatoms. The normalized spacial score (nSPS) is 10.7. The Morgan fingerprint density at radius 3 is 2.89 bits per heavy atom. The Bertz CT molecular complexity index is 564. The summed E-state index contributed by atoms with van der Waals surface area (Å²) < 4.78 is 3.34. The third kappa shape index (κ3) is 2.59. The van der Waals surface area contributed by atoms with E-state index in [0.29, 0.717) is 17.5 Å². The van der Waals surface area contributed by atoms with Crippen molar-refractivity contribution < 1.29 is 9.90 Å². The number of anilines is 1. The molecule has 9 nitrogen and oxygen atoms in total. The van der Waals surface area contributed by atoms with Gasteiger partial charge in [0, 0.05) is 7.05 Å². The predicted molar refractivity (Wildman–Crippen MR) is 62.9 cm³/mol. The Morgan fingerprint density at radius 2 is 2.28 bits per heavy atom. The van der Waals surface area contributed by atoms with Gasteiger partial charge in [-0.3, -0.25) is 9.36 Å². The SMILES string of the molecule is Cn1cnnc1Cn1c(N)nnc1SCC(=O)O. The van der Waals surface area contributed by atoms with Crippen molar-refractivity contribution in [2.24, 2.45) is 7.05 Å². The Morgan fingerprint density at radius 1 is 1.50 bits per heavy atom. The second-order valence-electron chi connectivity index (χ2n) is 3.47. The van der Waals surface area contributed by atoms with Gasteiger partial charge in [-0.1, -0.05) is 11.8 Å². The highest BCUT2D eigenvalue weighted by Gasteiger charge is 2.14. The molecule has 0 atom stereocenters. The maximum Gasteiger partial charge on any atom is 0.313 e. The van der Waals surface area contributed by atoms with Crippen LogP contribution in [0, 0.1) is 0 Å². The summed E-state index contributed by atoms with van der Waals surface area (Å²) in [6.45, 7) is 0.345. The summed E-state index contributed by atoms with van der Waals surface area (Å²) >= 11 is 1.06. The summed E-state index contributed by atoms with van der Waals surface area (Å²) in [6.07, 6.45) is 1.57. The van der Waals surface area contributed by atoms with Crippen LogP contribution in [-0.2, 0) is 18.4 Å². The van der Waals surface area contributed by atoms with Gasteiger partial charge >= 0.3 is 5.97 Å². The minimum absolute atomic E-state index is 0.100. The van der Waals surface area contributed by atoms with Gasteiger partial charge in [0.25, 0.3) is 0 Å². The second kappa shape index (κ2) is 5.04. The van der Waals surface area contributed by atoms with Crippen LogP contribution in [0.5, 0.6) is 0 Å². The van der Waals surface area contributed by atoms with Crippen molar-refractivity contribution in [2.75, 3.05) is 11.5 Å². The highest BCUT2D eigenvalue weighted by Crippen LogP contribution is 2.18. The van der Waals surface area contributed by atoms with Crippen molar-refractivity contribution in [1.29, 1.82) is 0 Å². The predicted octanol–water partition coefficient (Wildman–Crippen LogP) is -0.786. The van der Waals surface area contributed by atoms with E-state index in [-0.39, 0.29) is 11.7 Å². The van der Waals surface area contributed by atoms with E-state index >= 15 is 0 Å². The van der Waals surface area contributed by atoms with E-state index in [1.807, 2.05) is 0 Å². The standard InChI is InChI=1S/C8H11N7O2S/c1-14-4-10-11-5(14)2-15-7(9)12-13-8(15)18-3-6(16)17/h4H,2-3H2,1H3,(H2,9,12)(H,16,17). The molecule has 0 spiro atoms. The number of carbonyl (C=O) groups is 1. The molecule has 0 radical (unpaired) electrons. The van der Waals surface area contributed by atoms with E-state index in [1.165, 1.54) is 0 Å². The molecule has 2 aromatic rings. The van der Waals surface area contributed by atoms with Gasteiger partial charge in [-0.05, 0) is 0 Å². The highest BCUT2D eigenvalue weighted by molar-refractivity contribution is 7.99. The molecule has 0 saturated carbocycles. The van der Waals surface area contributed by atoms with Crippen LogP contribution in [-0.4, -0.2) is 46.4 Å². The molecule has 0 aliphatic rings. The van der Waals surface area contributed by atoms with E-state index in [1.54, 1.807) is 22.5 Å². The van der Waals surface area contributed by atoms with E-state index in [4.69, 9.17) is 10.8 Å². The van der Waals surface area contributed by atoms with E-state index in [2.05, 4.69) is 20.4 Å². The van der Waals surface area contributed by atoms with Crippen LogP contribution in [0.4, 0.5) is 5.95 Å². The molecule has 0 aromatic carbocycles. The Labute approximate surface area is 106 Å². The number of thioether (sulfide) groups is 1. The molecular formula is C8H11N7O2S. The molecule has 0 aliphatic heterocycles. The molecule has 2 heterocycles. The minimum atomic E-state index is -0.924. The zero-order chi connectivity index (χ0) is 13.1. The van der Waals surface area contributed by atoms with E-state index in [0.717, 1.165) is 11.8 Å². The van der Waals surface area contributed by atoms with Crippen molar-refractivity contribution in [3.63, 3.8) is 0 Å². The number of rotatable bonds is 5. The lowest BCUT2D eigenvalue weighted by Gasteiger charge is -2.06. The number of carboxylic acids is 1. The topological polar surface area (TPSA) is 125 Å². The van der Waals surface area contributed by atoms with E-state index < -0.39 is 5.97 Å². The monoisotopic (exact) mass is 269 g/mol. The number of nitrogens with two attached hydrogens (primary N) is 1. The van der Waals surface area contributed by atoms with Crippen LogP contribution in [0.2, 0.25) is 0 Å². The Hall–Kier alpha value is -2.10. The van der Waals surface area contributed by atoms with Gasteiger partial charge in [0.1, 0.15) is 6.33 Å². The van der Waals surface area contributed by atoms with Crippen LogP contribution in [0.1, 0.15) is 5.82 Å². The van der Waals surface area contributed by atoms with Crippen molar-refractivity contribution in [2.45, 2.75) is 11.7 Å². The summed E-state index contributed by atoms with van der Waals surface area (Å²) in [5.74, 6) is -0.131. The Kier molecular flexibility index (Phi) is 3.46. The number of aryl methyl sites for hydroxylation is 1. The van der Waals surface area contributed by atoms with Crippen LogP contribution in [0.25, 0.3) is 0 Å². The molecule has 18 heavy (non-hydrogen) atoms. The second-order valence-corrected chi connectivity index (χ2v) is 4.41. The number of nitrogens with zero attached hydrogens (tertiary/aromatic N) is 6. The molecule has 0 amide bonds. The average Bonchev–Trinajstić information content (AvgIpc) is 2.86. The van der Waals surface area contributed by atoms with Crippen molar-refractivity contribution >= 4 is 23.7 Å². The fraction of sp³-hybridized carbons (Fsp3) is 0.375. The summed E-state index contributed by atoms with van der Waals surface area (Å²) in [7, 11) is 1.81. The first kappa shape index (κ1) is 12.4. The van der Waals surface area contributed by atoms with E-state index in [9.17, 15) is 4.79 Å². The first-order valence-electron chi connectivity index (χ1n) is 4.94. The summed E-state index contributed by atoms with van der Waals surface area (Å²) in [5.41, 5.74) is 5.69. The molecular weight excluding hydrogens is 258 g/mol. The maximum absolute atomic E-state index is 10.5. The van der Waals surface area contributed by atoms with Gasteiger partial charge in [0.05, 0.1) is 12.3 Å². The molecule has 0 saturated heterocycles. The van der Waals surface area contributed by atoms with Gasteiger partial charge in [-0.15, -0.1) is 20.4 Å². The fourth-order valence-corrected chi connectivity index (χ4v) is 1.94. The van der Waals surface area contributed by atoms with Gasteiger partial charge in [-0.25, -0.2) is 0 Å². The maximum atomic E-state index is 10.5. The van der Waals surface area contributed by atoms with Crippen LogP contribution < -0.4 is 5.73 Å². The molecule has 0 unspecified atom stereocenters. The molecule has 0 aliphatic carbocycles. The summed E-state index contributed by atoms with van der Waals surface area (Å²) in [6, 6.07) is 0. The number of hydrogen-bond donors (Lipinski definition) is 2. The van der Waals surface area contributed by atoms with Crippen LogP contribution >= 0.6 is 11.8 Å². The lowest BCUT2D eigenvalue weighted by Crippen LogP contribution is -2.10.